The first-order valence-corrected chi connectivity index (χ1v) is 6.61. The van der Waals surface area contributed by atoms with E-state index in [1.54, 1.807) is 10.9 Å². The maximum Gasteiger partial charge on any atom is 0.187 e. The summed E-state index contributed by atoms with van der Waals surface area (Å²) in [4.78, 5) is 11.9. The lowest BCUT2D eigenvalue weighted by molar-refractivity contribution is 0.0934. The van der Waals surface area contributed by atoms with Crippen LogP contribution in [0.15, 0.2) is 48.7 Å². The Bertz CT molecular complexity index is 769. The largest absolute Gasteiger partial charge is 0.292 e. The first-order valence-electron chi connectivity index (χ1n) is 6.61. The third-order valence-corrected chi connectivity index (χ3v) is 3.28. The van der Waals surface area contributed by atoms with Gasteiger partial charge in [0.1, 0.15) is 5.69 Å². The van der Waals surface area contributed by atoms with Crippen LogP contribution in [0.3, 0.4) is 0 Å². The van der Waals surface area contributed by atoms with Crippen molar-refractivity contribution in [2.24, 2.45) is 5.92 Å². The predicted molar refractivity (Wildman–Crippen MR) is 78.0 cm³/mol. The Kier molecular flexibility index (Phi) is 3.06. The zero-order valence-electron chi connectivity index (χ0n) is 11.4. The highest BCUT2D eigenvalue weighted by atomic mass is 16.1. The zero-order valence-corrected chi connectivity index (χ0v) is 11.4. The Morgan fingerprint density at radius 1 is 1.10 bits per heavy atom. The van der Waals surface area contributed by atoms with Crippen LogP contribution >= 0.6 is 0 Å². The van der Waals surface area contributed by atoms with E-state index < -0.39 is 0 Å². The third kappa shape index (κ3) is 2.09. The van der Waals surface area contributed by atoms with Crippen molar-refractivity contribution in [2.45, 2.75) is 13.8 Å². The van der Waals surface area contributed by atoms with Gasteiger partial charge in [0.15, 0.2) is 5.78 Å². The Morgan fingerprint density at radius 2 is 1.85 bits per heavy atom. The van der Waals surface area contributed by atoms with Gasteiger partial charge in [0, 0.05) is 11.3 Å². The minimum atomic E-state index is -0.0762. The van der Waals surface area contributed by atoms with Gasteiger partial charge in [-0.25, -0.2) is 4.68 Å². The highest BCUT2D eigenvalue weighted by Gasteiger charge is 2.15. The van der Waals surface area contributed by atoms with Crippen LogP contribution in [0, 0.1) is 5.92 Å². The maximum atomic E-state index is 11.9. The molecule has 0 N–H and O–H groups in total. The van der Waals surface area contributed by atoms with Crippen LogP contribution in [0.1, 0.15) is 24.3 Å². The van der Waals surface area contributed by atoms with Gasteiger partial charge >= 0.3 is 0 Å². The van der Waals surface area contributed by atoms with Gasteiger partial charge in [-0.2, -0.15) is 0 Å². The smallest absolute Gasteiger partial charge is 0.187 e. The lowest BCUT2D eigenvalue weighted by Crippen LogP contribution is -2.07. The molecule has 0 saturated carbocycles. The highest BCUT2D eigenvalue weighted by molar-refractivity contribution is 5.95. The lowest BCUT2D eigenvalue weighted by atomic mass is 10.1. The zero-order chi connectivity index (χ0) is 14.1. The molecule has 0 saturated heterocycles. The summed E-state index contributed by atoms with van der Waals surface area (Å²) in [5, 5.41) is 10.3. The predicted octanol–water partition coefficient (Wildman–Crippen LogP) is 3.26. The molecule has 0 aliphatic carbocycles. The van der Waals surface area contributed by atoms with Crippen LogP contribution in [-0.4, -0.2) is 20.8 Å². The molecule has 0 aliphatic heterocycles. The summed E-state index contributed by atoms with van der Waals surface area (Å²) in [7, 11) is 0. The molecule has 0 atom stereocenters. The monoisotopic (exact) mass is 265 g/mol. The maximum absolute atomic E-state index is 11.9. The van der Waals surface area contributed by atoms with Crippen molar-refractivity contribution in [3.63, 3.8) is 0 Å². The Morgan fingerprint density at radius 3 is 2.65 bits per heavy atom. The number of benzene rings is 2. The standard InChI is InChI=1S/C16H15N3O/c1-11(2)16(20)14-10-19(18-17-14)15-9-5-7-12-6-3-4-8-13(12)15/h3-11H,1-2H3. The summed E-state index contributed by atoms with van der Waals surface area (Å²) in [6.07, 6.45) is 1.70. The fourth-order valence-electron chi connectivity index (χ4n) is 2.20. The molecule has 20 heavy (non-hydrogen) atoms. The van der Waals surface area contributed by atoms with Crippen LogP contribution in [0.25, 0.3) is 16.5 Å². The van der Waals surface area contributed by atoms with Gasteiger partial charge in [0.05, 0.1) is 11.9 Å². The second-order valence-electron chi connectivity index (χ2n) is 5.07. The van der Waals surface area contributed by atoms with Gasteiger partial charge in [-0.05, 0) is 11.5 Å². The minimum Gasteiger partial charge on any atom is -0.292 e. The van der Waals surface area contributed by atoms with E-state index in [1.807, 2.05) is 44.2 Å². The topological polar surface area (TPSA) is 47.8 Å². The second kappa shape index (κ2) is 4.89. The number of carbonyl (C=O) groups is 1. The molecule has 0 bridgehead atoms. The van der Waals surface area contributed by atoms with Crippen LogP contribution in [0.4, 0.5) is 0 Å². The number of aromatic nitrogens is 3. The molecule has 0 amide bonds. The molecule has 0 fully saturated rings. The summed E-state index contributed by atoms with van der Waals surface area (Å²) < 4.78 is 1.66. The third-order valence-electron chi connectivity index (χ3n) is 3.28. The van der Waals surface area contributed by atoms with Crippen molar-refractivity contribution in [3.05, 3.63) is 54.4 Å². The second-order valence-corrected chi connectivity index (χ2v) is 5.07. The first kappa shape index (κ1) is 12.5. The summed E-state index contributed by atoms with van der Waals surface area (Å²) in [6, 6.07) is 14.1. The summed E-state index contributed by atoms with van der Waals surface area (Å²) in [6.45, 7) is 3.72. The number of Topliss-reactive ketones (excluding diaryl/α,β-unsaturated/α-hetero) is 1. The summed E-state index contributed by atoms with van der Waals surface area (Å²) >= 11 is 0. The van der Waals surface area contributed by atoms with Crippen molar-refractivity contribution in [1.82, 2.24) is 15.0 Å². The molecule has 2 aromatic carbocycles. The van der Waals surface area contributed by atoms with E-state index in [9.17, 15) is 4.79 Å². The quantitative estimate of drug-likeness (QED) is 0.683. The van der Waals surface area contributed by atoms with Crippen molar-refractivity contribution < 1.29 is 4.79 Å². The summed E-state index contributed by atoms with van der Waals surface area (Å²) in [5.74, 6) is -0.0656. The molecule has 1 aromatic heterocycles. The molecule has 4 heteroatoms. The van der Waals surface area contributed by atoms with Crippen LogP contribution in [-0.2, 0) is 0 Å². The molecule has 4 nitrogen and oxygen atoms in total. The van der Waals surface area contributed by atoms with E-state index in [-0.39, 0.29) is 11.7 Å². The Hall–Kier alpha value is -2.49. The van der Waals surface area contributed by atoms with Crippen LogP contribution in [0.2, 0.25) is 0 Å². The number of ketones is 1. The molecule has 3 aromatic rings. The fourth-order valence-corrected chi connectivity index (χ4v) is 2.20. The van der Waals surface area contributed by atoms with Gasteiger partial charge < -0.3 is 0 Å². The minimum absolute atomic E-state index is 0.0106. The van der Waals surface area contributed by atoms with Crippen LogP contribution < -0.4 is 0 Å². The van der Waals surface area contributed by atoms with Gasteiger partial charge in [0.25, 0.3) is 0 Å². The van der Waals surface area contributed by atoms with Crippen molar-refractivity contribution >= 4 is 16.6 Å². The number of hydrogen-bond acceptors (Lipinski definition) is 3. The number of rotatable bonds is 3. The Balaban J connectivity index is 2.10. The molecule has 3 rings (SSSR count). The molecule has 0 unspecified atom stereocenters. The molecular formula is C16H15N3O. The fraction of sp³-hybridized carbons (Fsp3) is 0.188. The first-order chi connectivity index (χ1) is 9.66. The van der Waals surface area contributed by atoms with Gasteiger partial charge in [-0.1, -0.05) is 55.5 Å². The number of fused-ring (bicyclic) bond motifs is 1. The Labute approximate surface area is 117 Å². The average molecular weight is 265 g/mol. The van der Waals surface area contributed by atoms with E-state index in [4.69, 9.17) is 0 Å². The van der Waals surface area contributed by atoms with Gasteiger partial charge in [-0.15, -0.1) is 5.10 Å². The van der Waals surface area contributed by atoms with E-state index in [0.29, 0.717) is 5.69 Å². The molecule has 0 radical (unpaired) electrons. The van der Waals surface area contributed by atoms with E-state index in [2.05, 4.69) is 22.4 Å². The number of nitrogens with zero attached hydrogens (tertiary/aromatic N) is 3. The van der Waals surface area contributed by atoms with Crippen molar-refractivity contribution in [2.75, 3.05) is 0 Å². The average Bonchev–Trinajstić information content (AvgIpc) is 2.95. The van der Waals surface area contributed by atoms with Crippen molar-refractivity contribution in [3.8, 4) is 5.69 Å². The lowest BCUT2D eigenvalue weighted by Gasteiger charge is -2.05. The molecule has 100 valence electrons. The van der Waals surface area contributed by atoms with Crippen LogP contribution in [0.5, 0.6) is 0 Å². The van der Waals surface area contributed by atoms with Crippen molar-refractivity contribution in [1.29, 1.82) is 0 Å². The molecule has 0 spiro atoms. The molecular weight excluding hydrogens is 250 g/mol. The summed E-state index contributed by atoms with van der Waals surface area (Å²) in [5.41, 5.74) is 1.34. The van der Waals surface area contributed by atoms with E-state index in [1.165, 1.54) is 0 Å². The normalized spacial score (nSPS) is 11.2. The van der Waals surface area contributed by atoms with Gasteiger partial charge in [0.2, 0.25) is 0 Å². The molecule has 1 heterocycles. The number of carbonyl (C=O) groups excluding carboxylic acids is 1. The number of hydrogen-bond donors (Lipinski definition) is 0. The molecule has 0 aliphatic rings. The SMILES string of the molecule is CC(C)C(=O)c1cn(-c2cccc3ccccc23)nn1. The van der Waals surface area contributed by atoms with E-state index >= 15 is 0 Å². The van der Waals surface area contributed by atoms with Gasteiger partial charge in [-0.3, -0.25) is 4.79 Å². The van der Waals surface area contributed by atoms with E-state index in [0.717, 1.165) is 16.5 Å². The highest BCUT2D eigenvalue weighted by Crippen LogP contribution is 2.21.